The van der Waals surface area contributed by atoms with Gasteiger partial charge in [-0.1, -0.05) is 6.42 Å². The molecule has 1 saturated carbocycles. The van der Waals surface area contributed by atoms with Gasteiger partial charge in [-0.25, -0.2) is 15.0 Å². The lowest BCUT2D eigenvalue weighted by Gasteiger charge is -2.27. The van der Waals surface area contributed by atoms with Crippen LogP contribution in [-0.4, -0.2) is 68.9 Å². The Morgan fingerprint density at radius 1 is 1.21 bits per heavy atom. The minimum Gasteiger partial charge on any atom is -0.439 e. The van der Waals surface area contributed by atoms with E-state index in [0.29, 0.717) is 71.2 Å². The molecule has 5 aromatic heterocycles. The van der Waals surface area contributed by atoms with Gasteiger partial charge < -0.3 is 30.8 Å². The highest BCUT2D eigenvalue weighted by Crippen LogP contribution is 2.37. The van der Waals surface area contributed by atoms with E-state index in [2.05, 4.69) is 26.1 Å². The molecule has 15 heteroatoms. The summed E-state index contributed by atoms with van der Waals surface area (Å²) in [4.78, 5) is 42.3. The first kappa shape index (κ1) is 26.9. The van der Waals surface area contributed by atoms with Crippen LogP contribution in [0.4, 0.5) is 11.8 Å². The summed E-state index contributed by atoms with van der Waals surface area (Å²) in [5.41, 5.74) is 12.4. The number of rotatable bonds is 7. The Kier molecular flexibility index (Phi) is 7.09. The van der Waals surface area contributed by atoms with E-state index in [0.717, 1.165) is 36.1 Å². The summed E-state index contributed by atoms with van der Waals surface area (Å²) in [5, 5.41) is 10.4. The average molecular weight is 609 g/mol. The number of aromatic nitrogens is 5. The number of anilines is 2. The van der Waals surface area contributed by atoms with Crippen molar-refractivity contribution in [3.8, 4) is 10.6 Å². The lowest BCUT2D eigenvalue weighted by Crippen LogP contribution is -2.68. The van der Waals surface area contributed by atoms with E-state index in [1.54, 1.807) is 12.3 Å². The molecule has 5 aromatic rings. The second-order valence-corrected chi connectivity index (χ2v) is 12.6. The number of ether oxygens (including phenoxy) is 1. The van der Waals surface area contributed by atoms with Crippen molar-refractivity contribution in [3.63, 3.8) is 0 Å². The summed E-state index contributed by atoms with van der Waals surface area (Å²) in [6.45, 7) is 2.50. The van der Waals surface area contributed by atoms with Crippen LogP contribution in [0.15, 0.2) is 33.2 Å². The molecule has 1 aliphatic carbocycles. The molecule has 0 spiro atoms. The Hall–Kier alpha value is -3.92. The van der Waals surface area contributed by atoms with Crippen molar-refractivity contribution in [2.75, 3.05) is 36.5 Å². The molecule has 0 aromatic carbocycles. The number of fused-ring (bicyclic) bond motifs is 2. The summed E-state index contributed by atoms with van der Waals surface area (Å²) in [7, 11) is 0. The number of thiophene rings is 1. The van der Waals surface area contributed by atoms with Crippen LogP contribution < -0.4 is 27.1 Å². The third-order valence-corrected chi connectivity index (χ3v) is 9.86. The summed E-state index contributed by atoms with van der Waals surface area (Å²) >= 11 is 2.80. The molecule has 0 unspecified atom stereocenters. The Morgan fingerprint density at radius 3 is 2.86 bits per heavy atom. The number of nitrogens with two attached hydrogens (primary N) is 1. The highest BCUT2D eigenvalue weighted by atomic mass is 32.1. The average Bonchev–Trinajstić information content (AvgIpc) is 3.75. The lowest BCUT2D eigenvalue weighted by atomic mass is 9.91. The Bertz CT molecular complexity index is 1840. The molecule has 6 N–H and O–H groups in total. The van der Waals surface area contributed by atoms with Gasteiger partial charge in [0.05, 0.1) is 30.5 Å². The van der Waals surface area contributed by atoms with E-state index < -0.39 is 5.91 Å². The molecule has 13 nitrogen and oxygen atoms in total. The van der Waals surface area contributed by atoms with Crippen LogP contribution in [-0.2, 0) is 11.2 Å². The molecule has 42 heavy (non-hydrogen) atoms. The third-order valence-electron chi connectivity index (χ3n) is 7.85. The Labute approximate surface area is 247 Å². The largest absolute Gasteiger partial charge is 0.439 e. The molecule has 6 heterocycles. The predicted molar refractivity (Wildman–Crippen MR) is 159 cm³/mol. The molecular weight excluding hydrogens is 578 g/mol. The molecule has 2 aliphatic rings. The van der Waals surface area contributed by atoms with Crippen LogP contribution in [0.3, 0.4) is 0 Å². The van der Waals surface area contributed by atoms with Crippen molar-refractivity contribution in [2.24, 2.45) is 5.73 Å². The van der Waals surface area contributed by atoms with Crippen molar-refractivity contribution >= 4 is 56.3 Å². The van der Waals surface area contributed by atoms with Gasteiger partial charge in [0, 0.05) is 48.5 Å². The first-order valence-corrected chi connectivity index (χ1v) is 15.6. The maximum absolute atomic E-state index is 12.9. The van der Waals surface area contributed by atoms with E-state index in [1.807, 2.05) is 10.3 Å². The van der Waals surface area contributed by atoms with Gasteiger partial charge in [0.25, 0.3) is 5.91 Å². The maximum Gasteiger partial charge on any atom is 0.254 e. The van der Waals surface area contributed by atoms with Crippen molar-refractivity contribution in [1.29, 1.82) is 0 Å². The van der Waals surface area contributed by atoms with Gasteiger partial charge in [-0.15, -0.1) is 22.7 Å². The molecule has 218 valence electrons. The monoisotopic (exact) mass is 608 g/mol. The van der Waals surface area contributed by atoms with E-state index in [-0.39, 0.29) is 23.1 Å². The lowest BCUT2D eigenvalue weighted by molar-refractivity contribution is -0.427. The molecule has 1 amide bonds. The van der Waals surface area contributed by atoms with Crippen molar-refractivity contribution in [2.45, 2.75) is 44.2 Å². The minimum absolute atomic E-state index is 0.0785. The molecular formula is C27H30N9O4S2+. The predicted octanol–water partition coefficient (Wildman–Crippen LogP) is 1.91. The fourth-order valence-corrected chi connectivity index (χ4v) is 7.55. The van der Waals surface area contributed by atoms with Gasteiger partial charge >= 0.3 is 0 Å². The SMILES string of the molecule is NC(=O)c1c(Cc2cnc(-c3csc4c(=O)cc(N5CCOCC5)oc34)s2)nc(N[C@H]2CCCC[C@H]2[NH3+])n2ncnc12. The number of amides is 1. The molecule has 0 radical (unpaired) electrons. The van der Waals surface area contributed by atoms with Crippen LogP contribution in [0.25, 0.3) is 26.5 Å². The number of thiazole rings is 1. The van der Waals surface area contributed by atoms with Gasteiger partial charge in [0.1, 0.15) is 27.6 Å². The number of nitrogens with one attached hydrogen (secondary N) is 1. The van der Waals surface area contributed by atoms with Gasteiger partial charge in [-0.2, -0.15) is 9.61 Å². The van der Waals surface area contributed by atoms with E-state index in [1.165, 1.54) is 33.5 Å². The second kappa shape index (κ2) is 11.1. The van der Waals surface area contributed by atoms with Crippen molar-refractivity contribution in [1.82, 2.24) is 24.6 Å². The number of hydrogen-bond donors (Lipinski definition) is 3. The highest BCUT2D eigenvalue weighted by molar-refractivity contribution is 7.19. The Morgan fingerprint density at radius 2 is 2.05 bits per heavy atom. The number of hydrogen-bond acceptors (Lipinski definition) is 12. The summed E-state index contributed by atoms with van der Waals surface area (Å²) in [6.07, 6.45) is 7.77. The Balaban J connectivity index is 1.23. The van der Waals surface area contributed by atoms with Gasteiger partial charge in [-0.05, 0) is 12.8 Å². The summed E-state index contributed by atoms with van der Waals surface area (Å²) < 4.78 is 13.8. The molecule has 1 saturated heterocycles. The standard InChI is InChI=1S/C27H29N9O4S2/c28-16-3-1-2-4-17(16)33-27-34-18(21(24(29)38)25-31-13-32-36(25)27)9-14-11-30-26(42-14)15-12-41-23-19(37)10-20(40-22(15)23)35-5-7-39-8-6-35/h10-13,16-17H,1-9,28H2,(H2,29,38)(H,33,34)/p+1/t16-,17+/m1/s1. The normalized spacial score (nSPS) is 19.5. The number of morpholine rings is 1. The number of primary amides is 1. The van der Waals surface area contributed by atoms with Crippen LogP contribution in [0.1, 0.15) is 46.6 Å². The fraction of sp³-hybridized carbons (Fsp3) is 0.407. The minimum atomic E-state index is -0.624. The third kappa shape index (κ3) is 4.91. The number of carbonyl (C=O) groups excluding carboxylic acids is 1. The van der Waals surface area contributed by atoms with Gasteiger partial charge in [-0.3, -0.25) is 9.59 Å². The first-order valence-electron chi connectivity index (χ1n) is 13.9. The maximum atomic E-state index is 12.9. The number of nitrogens with zero attached hydrogens (tertiary/aromatic N) is 6. The zero-order valence-corrected chi connectivity index (χ0v) is 24.4. The van der Waals surface area contributed by atoms with Crippen LogP contribution in [0.2, 0.25) is 0 Å². The molecule has 2 fully saturated rings. The molecule has 7 rings (SSSR count). The fourth-order valence-electron chi connectivity index (χ4n) is 5.66. The summed E-state index contributed by atoms with van der Waals surface area (Å²) in [6, 6.07) is 1.94. The van der Waals surface area contributed by atoms with E-state index in [4.69, 9.17) is 19.9 Å². The zero-order valence-electron chi connectivity index (χ0n) is 22.7. The first-order chi connectivity index (χ1) is 20.5. The number of carbonyl (C=O) groups is 1. The molecule has 1 aliphatic heterocycles. The van der Waals surface area contributed by atoms with E-state index >= 15 is 0 Å². The van der Waals surface area contributed by atoms with Gasteiger partial charge in [0.2, 0.25) is 11.4 Å². The molecule has 2 atom stereocenters. The quantitative estimate of drug-likeness (QED) is 0.247. The second-order valence-electron chi connectivity index (χ2n) is 10.6. The zero-order chi connectivity index (χ0) is 28.8. The van der Waals surface area contributed by atoms with Crippen molar-refractivity contribution in [3.05, 3.63) is 50.3 Å². The smallest absolute Gasteiger partial charge is 0.254 e. The summed E-state index contributed by atoms with van der Waals surface area (Å²) in [5.74, 6) is 0.418. The highest BCUT2D eigenvalue weighted by Gasteiger charge is 2.28. The van der Waals surface area contributed by atoms with Crippen molar-refractivity contribution < 1.29 is 19.7 Å². The van der Waals surface area contributed by atoms with Crippen LogP contribution >= 0.6 is 22.7 Å². The number of quaternary nitrogens is 1. The topological polar surface area (TPSA) is 181 Å². The van der Waals surface area contributed by atoms with Gasteiger partial charge in [0.15, 0.2) is 17.1 Å². The van der Waals surface area contributed by atoms with E-state index in [9.17, 15) is 9.59 Å². The van der Waals surface area contributed by atoms with Crippen LogP contribution in [0, 0.1) is 0 Å². The van der Waals surface area contributed by atoms with Crippen LogP contribution in [0.5, 0.6) is 0 Å². The molecule has 0 bridgehead atoms.